The van der Waals surface area contributed by atoms with Crippen LogP contribution in [0.25, 0.3) is 0 Å². The van der Waals surface area contributed by atoms with Crippen LogP contribution in [-0.2, 0) is 15.6 Å². The largest absolute Gasteiger partial charge is 0.519 e. The molecule has 0 radical (unpaired) electrons. The molecule has 4 rings (SSSR count). The molecule has 0 spiro atoms. The Morgan fingerprint density at radius 1 is 0.474 bits per heavy atom. The lowest BCUT2D eigenvalue weighted by Gasteiger charge is -2.26. The van der Waals surface area contributed by atoms with Crippen LogP contribution < -0.4 is 14.2 Å². The van der Waals surface area contributed by atoms with Gasteiger partial charge in [-0.05, 0) is 58.7 Å². The second-order valence-corrected chi connectivity index (χ2v) is 10.2. The molecule has 4 aromatic carbocycles. The van der Waals surface area contributed by atoms with Gasteiger partial charge in [-0.3, -0.25) is 4.79 Å². The molecule has 0 saturated heterocycles. The Bertz CT molecular complexity index is 1380. The number of esters is 1. The summed E-state index contributed by atoms with van der Waals surface area (Å²) in [6.45, 7) is 9.90. The van der Waals surface area contributed by atoms with Crippen molar-refractivity contribution in [2.75, 3.05) is 0 Å². The highest BCUT2D eigenvalue weighted by Crippen LogP contribution is 2.34. The van der Waals surface area contributed by atoms with Crippen molar-refractivity contribution in [1.29, 1.82) is 0 Å². The van der Waals surface area contributed by atoms with Crippen molar-refractivity contribution in [3.8, 4) is 17.2 Å². The molecule has 5 nitrogen and oxygen atoms in total. The molecule has 0 aliphatic carbocycles. The van der Waals surface area contributed by atoms with Crippen LogP contribution in [0.15, 0.2) is 103 Å². The van der Waals surface area contributed by atoms with E-state index in [1.54, 1.807) is 36.4 Å². The number of carbonyl (C=O) groups excluding carboxylic acids is 2. The highest BCUT2D eigenvalue weighted by molar-refractivity contribution is 5.69. The van der Waals surface area contributed by atoms with E-state index in [4.69, 9.17) is 14.2 Å². The molecule has 0 bridgehead atoms. The van der Waals surface area contributed by atoms with Gasteiger partial charge in [0.15, 0.2) is 0 Å². The zero-order valence-electron chi connectivity index (χ0n) is 22.4. The molecule has 0 atom stereocenters. The number of hydrogen-bond donors (Lipinski definition) is 0. The number of ether oxygens (including phenoxy) is 3. The van der Waals surface area contributed by atoms with Crippen molar-refractivity contribution in [2.45, 2.75) is 45.4 Å². The Kier molecular flexibility index (Phi) is 7.67. The lowest BCUT2D eigenvalue weighted by molar-refractivity contribution is -0.131. The van der Waals surface area contributed by atoms with Gasteiger partial charge in [0.2, 0.25) is 0 Å². The molecule has 0 N–H and O–H groups in total. The van der Waals surface area contributed by atoms with E-state index in [0.717, 1.165) is 16.7 Å². The van der Waals surface area contributed by atoms with Crippen LogP contribution in [0.2, 0.25) is 0 Å². The SMILES string of the molecule is CC(=O)Oc1ccc(C(C)(C)c2ccc(OC(=O)Oc3ccc(C(C)(C)c4ccccc4)cc3)cc2)cc1. The zero-order valence-corrected chi connectivity index (χ0v) is 22.4. The van der Waals surface area contributed by atoms with Gasteiger partial charge in [-0.1, -0.05) is 94.4 Å². The molecular formula is C33H32O5. The number of rotatable bonds is 7. The minimum absolute atomic E-state index is 0.180. The van der Waals surface area contributed by atoms with Crippen LogP contribution in [0.5, 0.6) is 17.2 Å². The topological polar surface area (TPSA) is 61.8 Å². The van der Waals surface area contributed by atoms with Gasteiger partial charge in [-0.2, -0.15) is 0 Å². The van der Waals surface area contributed by atoms with Gasteiger partial charge in [0.05, 0.1) is 0 Å². The third-order valence-electron chi connectivity index (χ3n) is 6.89. The third-order valence-corrected chi connectivity index (χ3v) is 6.89. The number of carbonyl (C=O) groups is 2. The first-order valence-corrected chi connectivity index (χ1v) is 12.5. The molecule has 0 aromatic heterocycles. The molecule has 4 aromatic rings. The van der Waals surface area contributed by atoms with Crippen molar-refractivity contribution in [1.82, 2.24) is 0 Å². The molecule has 38 heavy (non-hydrogen) atoms. The molecule has 194 valence electrons. The average Bonchev–Trinajstić information content (AvgIpc) is 2.90. The van der Waals surface area contributed by atoms with Gasteiger partial charge in [0.1, 0.15) is 17.2 Å². The Hall–Kier alpha value is -4.38. The quantitative estimate of drug-likeness (QED) is 0.145. The summed E-state index contributed by atoms with van der Waals surface area (Å²) in [4.78, 5) is 23.6. The molecule has 5 heteroatoms. The van der Waals surface area contributed by atoms with Crippen LogP contribution in [0.1, 0.15) is 56.9 Å². The van der Waals surface area contributed by atoms with Crippen LogP contribution in [0.3, 0.4) is 0 Å². The maximum Gasteiger partial charge on any atom is 0.519 e. The summed E-state index contributed by atoms with van der Waals surface area (Å²) in [6, 6.07) is 32.5. The van der Waals surface area contributed by atoms with E-state index in [1.165, 1.54) is 12.5 Å². The normalized spacial score (nSPS) is 11.5. The molecule has 0 aliphatic rings. The lowest BCUT2D eigenvalue weighted by Crippen LogP contribution is -2.19. The van der Waals surface area contributed by atoms with Gasteiger partial charge in [-0.15, -0.1) is 0 Å². The van der Waals surface area contributed by atoms with Gasteiger partial charge in [0, 0.05) is 17.8 Å². The highest BCUT2D eigenvalue weighted by Gasteiger charge is 2.24. The zero-order chi connectivity index (χ0) is 27.3. The van der Waals surface area contributed by atoms with E-state index in [-0.39, 0.29) is 16.8 Å². The predicted molar refractivity (Wildman–Crippen MR) is 148 cm³/mol. The van der Waals surface area contributed by atoms with Crippen molar-refractivity contribution in [2.24, 2.45) is 0 Å². The van der Waals surface area contributed by atoms with Crippen molar-refractivity contribution >= 4 is 12.1 Å². The fraction of sp³-hybridized carbons (Fsp3) is 0.212. The van der Waals surface area contributed by atoms with Crippen molar-refractivity contribution in [3.63, 3.8) is 0 Å². The molecular weight excluding hydrogens is 476 g/mol. The summed E-state index contributed by atoms with van der Waals surface area (Å²) < 4.78 is 15.9. The Morgan fingerprint density at radius 2 is 0.789 bits per heavy atom. The van der Waals surface area contributed by atoms with E-state index < -0.39 is 6.16 Å². The Morgan fingerprint density at radius 3 is 1.13 bits per heavy atom. The highest BCUT2D eigenvalue weighted by atomic mass is 16.7. The Balaban J connectivity index is 1.38. The van der Waals surface area contributed by atoms with E-state index in [9.17, 15) is 9.59 Å². The van der Waals surface area contributed by atoms with Crippen molar-refractivity contribution < 1.29 is 23.8 Å². The maximum absolute atomic E-state index is 12.4. The second kappa shape index (κ2) is 10.9. The monoisotopic (exact) mass is 508 g/mol. The molecule has 0 heterocycles. The summed E-state index contributed by atoms with van der Waals surface area (Å²) in [5.74, 6) is 0.961. The fourth-order valence-corrected chi connectivity index (χ4v) is 4.39. The number of hydrogen-bond acceptors (Lipinski definition) is 5. The second-order valence-electron chi connectivity index (χ2n) is 10.2. The average molecular weight is 509 g/mol. The maximum atomic E-state index is 12.4. The molecule has 0 amide bonds. The molecule has 0 saturated carbocycles. The number of benzene rings is 4. The Labute approximate surface area is 224 Å². The van der Waals surface area contributed by atoms with Crippen LogP contribution in [0, 0.1) is 0 Å². The summed E-state index contributed by atoms with van der Waals surface area (Å²) in [7, 11) is 0. The first kappa shape index (κ1) is 26.7. The summed E-state index contributed by atoms with van der Waals surface area (Å²) in [6.07, 6.45) is -0.798. The summed E-state index contributed by atoms with van der Waals surface area (Å²) >= 11 is 0. The van der Waals surface area contributed by atoms with E-state index in [2.05, 4.69) is 39.8 Å². The first-order valence-electron chi connectivity index (χ1n) is 12.5. The first-order chi connectivity index (χ1) is 18.1. The van der Waals surface area contributed by atoms with Gasteiger partial charge in [-0.25, -0.2) is 4.79 Å². The van der Waals surface area contributed by atoms with Gasteiger partial charge >= 0.3 is 12.1 Å². The molecule has 0 aliphatic heterocycles. The van der Waals surface area contributed by atoms with Crippen LogP contribution in [-0.4, -0.2) is 12.1 Å². The van der Waals surface area contributed by atoms with E-state index in [1.807, 2.05) is 54.6 Å². The van der Waals surface area contributed by atoms with Gasteiger partial charge < -0.3 is 14.2 Å². The van der Waals surface area contributed by atoms with E-state index >= 15 is 0 Å². The van der Waals surface area contributed by atoms with Gasteiger partial charge in [0.25, 0.3) is 0 Å². The standard InChI is InChI=1S/C33H32O5/c1-23(34)36-28-17-11-26(12-18-28)33(4,5)27-15-21-30(22-16-27)38-31(35)37-29-19-13-25(14-20-29)32(2,3)24-9-7-6-8-10-24/h6-22H,1-5H3. The predicted octanol–water partition coefficient (Wildman–Crippen LogP) is 7.84. The molecule has 0 unspecified atom stereocenters. The van der Waals surface area contributed by atoms with Crippen LogP contribution in [0.4, 0.5) is 4.79 Å². The third kappa shape index (κ3) is 6.12. The summed E-state index contributed by atoms with van der Waals surface area (Å²) in [5, 5.41) is 0. The molecule has 0 fully saturated rings. The van der Waals surface area contributed by atoms with E-state index in [0.29, 0.717) is 17.2 Å². The van der Waals surface area contributed by atoms with Crippen LogP contribution >= 0.6 is 0 Å². The minimum atomic E-state index is -0.798. The lowest BCUT2D eigenvalue weighted by atomic mass is 9.78. The fourth-order valence-electron chi connectivity index (χ4n) is 4.39. The smallest absolute Gasteiger partial charge is 0.427 e. The van der Waals surface area contributed by atoms with Crippen molar-refractivity contribution in [3.05, 3.63) is 125 Å². The minimum Gasteiger partial charge on any atom is -0.427 e. The summed E-state index contributed by atoms with van der Waals surface area (Å²) in [5.41, 5.74) is 3.92.